The van der Waals surface area contributed by atoms with E-state index in [1.807, 2.05) is 6.07 Å². The Kier molecular flexibility index (Phi) is 3.78. The van der Waals surface area contributed by atoms with Crippen LogP contribution in [0.1, 0.15) is 24.8 Å². The van der Waals surface area contributed by atoms with E-state index in [-0.39, 0.29) is 5.82 Å². The monoisotopic (exact) mass is 223 g/mol. The SMILES string of the molecule is COc1c(F)cccc1CC1CCCCN1. The molecule has 0 aliphatic carbocycles. The van der Waals surface area contributed by atoms with E-state index in [9.17, 15) is 4.39 Å². The highest BCUT2D eigenvalue weighted by molar-refractivity contribution is 5.35. The molecule has 0 amide bonds. The second-order valence-electron chi connectivity index (χ2n) is 4.28. The van der Waals surface area contributed by atoms with Crippen molar-refractivity contribution >= 4 is 0 Å². The molecule has 0 radical (unpaired) electrons. The van der Waals surface area contributed by atoms with E-state index in [0.717, 1.165) is 18.5 Å². The summed E-state index contributed by atoms with van der Waals surface area (Å²) in [4.78, 5) is 0. The van der Waals surface area contributed by atoms with Gasteiger partial charge in [-0.1, -0.05) is 18.6 Å². The third-order valence-corrected chi connectivity index (χ3v) is 3.13. The van der Waals surface area contributed by atoms with Crippen LogP contribution in [0, 0.1) is 5.82 Å². The maximum Gasteiger partial charge on any atom is 0.165 e. The maximum atomic E-state index is 13.5. The number of benzene rings is 1. The van der Waals surface area contributed by atoms with Gasteiger partial charge in [0.1, 0.15) is 0 Å². The number of hydrogen-bond acceptors (Lipinski definition) is 2. The van der Waals surface area contributed by atoms with Crippen molar-refractivity contribution in [3.8, 4) is 5.75 Å². The number of hydrogen-bond donors (Lipinski definition) is 1. The van der Waals surface area contributed by atoms with E-state index in [2.05, 4.69) is 5.32 Å². The first-order chi connectivity index (χ1) is 7.81. The minimum Gasteiger partial charge on any atom is -0.493 e. The highest BCUT2D eigenvalue weighted by atomic mass is 19.1. The Morgan fingerprint density at radius 2 is 2.31 bits per heavy atom. The van der Waals surface area contributed by atoms with Crippen LogP contribution < -0.4 is 10.1 Å². The zero-order valence-electron chi connectivity index (χ0n) is 9.63. The van der Waals surface area contributed by atoms with Crippen molar-refractivity contribution < 1.29 is 9.13 Å². The highest BCUT2D eigenvalue weighted by Gasteiger charge is 2.16. The van der Waals surface area contributed by atoms with E-state index in [1.165, 1.54) is 32.4 Å². The standard InChI is InChI=1S/C13H18FNO/c1-16-13-10(5-4-7-12(13)14)9-11-6-2-3-8-15-11/h4-5,7,11,15H,2-3,6,8-9H2,1H3. The zero-order chi connectivity index (χ0) is 11.4. The molecule has 1 heterocycles. The Morgan fingerprint density at radius 1 is 1.44 bits per heavy atom. The first-order valence-corrected chi connectivity index (χ1v) is 5.86. The lowest BCUT2D eigenvalue weighted by molar-refractivity contribution is 0.366. The Labute approximate surface area is 95.8 Å². The number of piperidine rings is 1. The van der Waals surface area contributed by atoms with Crippen LogP contribution >= 0.6 is 0 Å². The average Bonchev–Trinajstić information content (AvgIpc) is 2.31. The Hall–Kier alpha value is -1.09. The van der Waals surface area contributed by atoms with E-state index < -0.39 is 0 Å². The summed E-state index contributed by atoms with van der Waals surface area (Å²) < 4.78 is 18.6. The smallest absolute Gasteiger partial charge is 0.165 e. The second kappa shape index (κ2) is 5.30. The van der Waals surface area contributed by atoms with Crippen LogP contribution in [0.4, 0.5) is 4.39 Å². The summed E-state index contributed by atoms with van der Waals surface area (Å²) in [5.74, 6) is 0.130. The van der Waals surface area contributed by atoms with E-state index in [0.29, 0.717) is 11.8 Å². The molecular weight excluding hydrogens is 205 g/mol. The van der Waals surface area contributed by atoms with Crippen molar-refractivity contribution in [3.63, 3.8) is 0 Å². The number of rotatable bonds is 3. The molecule has 0 aromatic heterocycles. The fraction of sp³-hybridized carbons (Fsp3) is 0.538. The van der Waals surface area contributed by atoms with Gasteiger partial charge in [0.2, 0.25) is 0 Å². The van der Waals surface area contributed by atoms with Crippen molar-refractivity contribution in [2.45, 2.75) is 31.7 Å². The molecule has 0 saturated carbocycles. The molecule has 1 aliphatic heterocycles. The molecule has 1 fully saturated rings. The molecule has 1 unspecified atom stereocenters. The lowest BCUT2D eigenvalue weighted by atomic mass is 9.97. The van der Waals surface area contributed by atoms with E-state index >= 15 is 0 Å². The highest BCUT2D eigenvalue weighted by Crippen LogP contribution is 2.24. The Balaban J connectivity index is 2.10. The number of methoxy groups -OCH3 is 1. The van der Waals surface area contributed by atoms with E-state index in [1.54, 1.807) is 6.07 Å². The molecule has 1 N–H and O–H groups in total. The molecule has 1 aromatic rings. The van der Waals surface area contributed by atoms with Crippen LogP contribution in [0.2, 0.25) is 0 Å². The van der Waals surface area contributed by atoms with Crippen LogP contribution in [0.5, 0.6) is 5.75 Å². The van der Waals surface area contributed by atoms with Crippen LogP contribution in [0.25, 0.3) is 0 Å². The quantitative estimate of drug-likeness (QED) is 0.850. The van der Waals surface area contributed by atoms with Crippen LogP contribution in [-0.2, 0) is 6.42 Å². The molecule has 2 nitrogen and oxygen atoms in total. The molecule has 88 valence electrons. The normalized spacial score (nSPS) is 20.8. The van der Waals surface area contributed by atoms with Gasteiger partial charge in [-0.05, 0) is 37.4 Å². The van der Waals surface area contributed by atoms with Crippen LogP contribution in [0.15, 0.2) is 18.2 Å². The molecule has 1 saturated heterocycles. The summed E-state index contributed by atoms with van der Waals surface area (Å²) in [6.07, 6.45) is 4.52. The van der Waals surface area contributed by atoms with Gasteiger partial charge in [-0.3, -0.25) is 0 Å². The van der Waals surface area contributed by atoms with Gasteiger partial charge in [0, 0.05) is 6.04 Å². The summed E-state index contributed by atoms with van der Waals surface area (Å²) in [5.41, 5.74) is 0.960. The van der Waals surface area contributed by atoms with Gasteiger partial charge in [-0.25, -0.2) is 4.39 Å². The topological polar surface area (TPSA) is 21.3 Å². The van der Waals surface area contributed by atoms with Crippen molar-refractivity contribution in [2.75, 3.05) is 13.7 Å². The number of halogens is 1. The van der Waals surface area contributed by atoms with Crippen molar-refractivity contribution in [1.29, 1.82) is 0 Å². The minimum absolute atomic E-state index is 0.268. The number of nitrogens with one attached hydrogen (secondary N) is 1. The van der Waals surface area contributed by atoms with Gasteiger partial charge in [-0.2, -0.15) is 0 Å². The fourth-order valence-corrected chi connectivity index (χ4v) is 2.31. The number of ether oxygens (including phenoxy) is 1. The van der Waals surface area contributed by atoms with Crippen molar-refractivity contribution in [1.82, 2.24) is 5.32 Å². The molecule has 1 aromatic carbocycles. The van der Waals surface area contributed by atoms with Gasteiger partial charge in [0.25, 0.3) is 0 Å². The summed E-state index contributed by atoms with van der Waals surface area (Å²) in [5, 5.41) is 3.46. The third-order valence-electron chi connectivity index (χ3n) is 3.13. The predicted molar refractivity (Wildman–Crippen MR) is 62.3 cm³/mol. The van der Waals surface area contributed by atoms with Gasteiger partial charge in [-0.15, -0.1) is 0 Å². The molecule has 16 heavy (non-hydrogen) atoms. The largest absolute Gasteiger partial charge is 0.493 e. The molecule has 1 atom stereocenters. The minimum atomic E-state index is -0.268. The molecule has 0 spiro atoms. The van der Waals surface area contributed by atoms with Crippen molar-refractivity contribution in [3.05, 3.63) is 29.6 Å². The average molecular weight is 223 g/mol. The van der Waals surface area contributed by atoms with Crippen LogP contribution in [-0.4, -0.2) is 19.7 Å². The first-order valence-electron chi connectivity index (χ1n) is 5.86. The Bertz CT molecular complexity index is 348. The molecule has 2 rings (SSSR count). The Morgan fingerprint density at radius 3 is 3.00 bits per heavy atom. The van der Waals surface area contributed by atoms with Gasteiger partial charge in [0.05, 0.1) is 7.11 Å². The zero-order valence-corrected chi connectivity index (χ0v) is 9.63. The second-order valence-corrected chi connectivity index (χ2v) is 4.28. The molecule has 1 aliphatic rings. The lowest BCUT2D eigenvalue weighted by Crippen LogP contribution is -2.35. The molecule has 3 heteroatoms. The van der Waals surface area contributed by atoms with E-state index in [4.69, 9.17) is 4.74 Å². The van der Waals surface area contributed by atoms with Gasteiger partial charge >= 0.3 is 0 Å². The molecular formula is C13H18FNO. The number of para-hydroxylation sites is 1. The lowest BCUT2D eigenvalue weighted by Gasteiger charge is -2.24. The summed E-state index contributed by atoms with van der Waals surface area (Å²) in [6, 6.07) is 5.59. The van der Waals surface area contributed by atoms with Crippen molar-refractivity contribution in [2.24, 2.45) is 0 Å². The molecule has 0 bridgehead atoms. The summed E-state index contributed by atoms with van der Waals surface area (Å²) in [7, 11) is 1.52. The maximum absolute atomic E-state index is 13.5. The fourth-order valence-electron chi connectivity index (χ4n) is 2.31. The van der Waals surface area contributed by atoms with Crippen LogP contribution in [0.3, 0.4) is 0 Å². The summed E-state index contributed by atoms with van der Waals surface area (Å²) >= 11 is 0. The van der Waals surface area contributed by atoms with Gasteiger partial charge < -0.3 is 10.1 Å². The first kappa shape index (κ1) is 11.4. The van der Waals surface area contributed by atoms with Gasteiger partial charge in [0.15, 0.2) is 11.6 Å². The summed E-state index contributed by atoms with van der Waals surface area (Å²) in [6.45, 7) is 1.07. The predicted octanol–water partition coefficient (Wildman–Crippen LogP) is 2.52. The third kappa shape index (κ3) is 2.53.